The molecular formula is C20H32N4O2. The molecule has 0 radical (unpaired) electrons. The fourth-order valence-electron chi connectivity index (χ4n) is 3.26. The molecule has 6 nitrogen and oxygen atoms in total. The summed E-state index contributed by atoms with van der Waals surface area (Å²) in [4.78, 5) is 28.2. The van der Waals surface area contributed by atoms with Gasteiger partial charge in [-0.05, 0) is 50.0 Å². The summed E-state index contributed by atoms with van der Waals surface area (Å²) in [5.41, 5.74) is 3.80. The second-order valence-electron chi connectivity index (χ2n) is 7.71. The average molecular weight is 361 g/mol. The minimum atomic E-state index is -0.574. The van der Waals surface area contributed by atoms with Gasteiger partial charge in [0.2, 0.25) is 0 Å². The Bertz CT molecular complexity index is 643. The summed E-state index contributed by atoms with van der Waals surface area (Å²) >= 11 is 0. The van der Waals surface area contributed by atoms with Crippen molar-refractivity contribution in [3.63, 3.8) is 0 Å². The van der Waals surface area contributed by atoms with Gasteiger partial charge in [0.25, 0.3) is 0 Å². The van der Waals surface area contributed by atoms with Gasteiger partial charge in [-0.15, -0.1) is 0 Å². The molecular weight excluding hydrogens is 328 g/mol. The van der Waals surface area contributed by atoms with Crippen molar-refractivity contribution in [2.45, 2.75) is 32.7 Å². The van der Waals surface area contributed by atoms with Gasteiger partial charge in [0.05, 0.1) is 6.04 Å². The van der Waals surface area contributed by atoms with Crippen LogP contribution < -0.4 is 15.5 Å². The van der Waals surface area contributed by atoms with E-state index in [1.54, 1.807) is 0 Å². The predicted molar refractivity (Wildman–Crippen MR) is 105 cm³/mol. The highest BCUT2D eigenvalue weighted by atomic mass is 16.2. The summed E-state index contributed by atoms with van der Waals surface area (Å²) in [6, 6.07) is 6.54. The highest BCUT2D eigenvalue weighted by Crippen LogP contribution is 2.29. The normalized spacial score (nSPS) is 15.0. The standard InChI is InChI=1S/C20H32N4O2/c1-14(2)12-21-19(25)20(26)22-13-18(23(3)4)16-8-9-17-15(11-16)7-6-10-24(17)5/h8-9,11,14,18H,6-7,10,12-13H2,1-5H3,(H,21,25)(H,22,26)/t18-/m1/s1. The van der Waals surface area contributed by atoms with E-state index >= 15 is 0 Å². The van der Waals surface area contributed by atoms with E-state index in [1.807, 2.05) is 27.9 Å². The zero-order valence-electron chi connectivity index (χ0n) is 16.6. The highest BCUT2D eigenvalue weighted by molar-refractivity contribution is 6.35. The van der Waals surface area contributed by atoms with Crippen molar-refractivity contribution in [3.8, 4) is 0 Å². The fourth-order valence-corrected chi connectivity index (χ4v) is 3.26. The van der Waals surface area contributed by atoms with Gasteiger partial charge in [0.15, 0.2) is 0 Å². The fraction of sp³-hybridized carbons (Fsp3) is 0.600. The second kappa shape index (κ2) is 9.03. The summed E-state index contributed by atoms with van der Waals surface area (Å²) in [5, 5.41) is 5.42. The van der Waals surface area contributed by atoms with Crippen LogP contribution in [0.4, 0.5) is 5.69 Å². The van der Waals surface area contributed by atoms with Crippen molar-refractivity contribution in [3.05, 3.63) is 29.3 Å². The van der Waals surface area contributed by atoms with E-state index in [0.29, 0.717) is 19.0 Å². The molecule has 26 heavy (non-hydrogen) atoms. The number of rotatable bonds is 6. The van der Waals surface area contributed by atoms with E-state index in [0.717, 1.165) is 24.9 Å². The van der Waals surface area contributed by atoms with Gasteiger partial charge < -0.3 is 20.4 Å². The van der Waals surface area contributed by atoms with Crippen molar-refractivity contribution in [1.29, 1.82) is 0 Å². The molecule has 0 bridgehead atoms. The van der Waals surface area contributed by atoms with Crippen LogP contribution in [0.25, 0.3) is 0 Å². The van der Waals surface area contributed by atoms with Crippen LogP contribution in [0.15, 0.2) is 18.2 Å². The third-order valence-corrected chi connectivity index (χ3v) is 4.80. The summed E-state index contributed by atoms with van der Waals surface area (Å²) < 4.78 is 0. The zero-order chi connectivity index (χ0) is 19.3. The van der Waals surface area contributed by atoms with Gasteiger partial charge in [0, 0.05) is 32.4 Å². The van der Waals surface area contributed by atoms with E-state index in [1.165, 1.54) is 11.3 Å². The molecule has 1 aromatic rings. The van der Waals surface area contributed by atoms with Crippen LogP contribution in [-0.4, -0.2) is 57.5 Å². The molecule has 0 saturated heterocycles. The summed E-state index contributed by atoms with van der Waals surface area (Å²) in [6.45, 7) is 5.98. The molecule has 1 aromatic carbocycles. The van der Waals surface area contributed by atoms with Crippen LogP contribution in [-0.2, 0) is 16.0 Å². The molecule has 144 valence electrons. The lowest BCUT2D eigenvalue weighted by atomic mass is 9.96. The van der Waals surface area contributed by atoms with Crippen molar-refractivity contribution < 1.29 is 9.59 Å². The zero-order valence-corrected chi connectivity index (χ0v) is 16.6. The molecule has 0 spiro atoms. The first kappa shape index (κ1) is 20.2. The number of carbonyl (C=O) groups excluding carboxylic acids is 2. The Labute approximate surface area is 156 Å². The molecule has 0 fully saturated rings. The number of hydrogen-bond donors (Lipinski definition) is 2. The monoisotopic (exact) mass is 360 g/mol. The Balaban J connectivity index is 2.03. The van der Waals surface area contributed by atoms with E-state index in [2.05, 4.69) is 45.7 Å². The lowest BCUT2D eigenvalue weighted by molar-refractivity contribution is -0.139. The Morgan fingerprint density at radius 1 is 1.15 bits per heavy atom. The summed E-state index contributed by atoms with van der Waals surface area (Å²) in [7, 11) is 6.10. The predicted octanol–water partition coefficient (Wildman–Crippen LogP) is 1.56. The van der Waals surface area contributed by atoms with E-state index in [9.17, 15) is 9.59 Å². The SMILES string of the molecule is CC(C)CNC(=O)C(=O)NC[C@H](c1ccc2c(c1)CCCN2C)N(C)C. The molecule has 1 atom stereocenters. The van der Waals surface area contributed by atoms with Crippen LogP contribution in [0.1, 0.15) is 37.4 Å². The Morgan fingerprint density at radius 3 is 2.42 bits per heavy atom. The number of aryl methyl sites for hydroxylation is 1. The largest absolute Gasteiger partial charge is 0.374 e. The number of fused-ring (bicyclic) bond motifs is 1. The summed E-state index contributed by atoms with van der Waals surface area (Å²) in [6.07, 6.45) is 2.24. The molecule has 1 heterocycles. The third kappa shape index (κ3) is 5.21. The minimum Gasteiger partial charge on any atom is -0.374 e. The number of nitrogens with one attached hydrogen (secondary N) is 2. The van der Waals surface area contributed by atoms with E-state index in [4.69, 9.17) is 0 Å². The average Bonchev–Trinajstić information content (AvgIpc) is 2.59. The lowest BCUT2D eigenvalue weighted by Gasteiger charge is -2.30. The lowest BCUT2D eigenvalue weighted by Crippen LogP contribution is -2.44. The Morgan fingerprint density at radius 2 is 1.81 bits per heavy atom. The Hall–Kier alpha value is -2.08. The first-order valence-electron chi connectivity index (χ1n) is 9.36. The molecule has 2 rings (SSSR count). The Kier molecular flexibility index (Phi) is 7.03. The minimum absolute atomic E-state index is 0.0226. The molecule has 0 unspecified atom stereocenters. The van der Waals surface area contributed by atoms with Gasteiger partial charge in [-0.25, -0.2) is 0 Å². The first-order chi connectivity index (χ1) is 12.3. The van der Waals surface area contributed by atoms with Gasteiger partial charge in [-0.3, -0.25) is 9.59 Å². The number of nitrogens with zero attached hydrogens (tertiary/aromatic N) is 2. The van der Waals surface area contributed by atoms with Crippen molar-refractivity contribution in [2.24, 2.45) is 5.92 Å². The molecule has 0 aliphatic carbocycles. The molecule has 1 aliphatic heterocycles. The maximum Gasteiger partial charge on any atom is 0.309 e. The number of amides is 2. The molecule has 0 saturated carbocycles. The van der Waals surface area contributed by atoms with Gasteiger partial charge >= 0.3 is 11.8 Å². The maximum atomic E-state index is 12.0. The van der Waals surface area contributed by atoms with E-state index < -0.39 is 11.8 Å². The van der Waals surface area contributed by atoms with Crippen LogP contribution in [0.2, 0.25) is 0 Å². The molecule has 2 N–H and O–H groups in total. The van der Waals surface area contributed by atoms with Crippen LogP contribution in [0.5, 0.6) is 0 Å². The van der Waals surface area contributed by atoms with Crippen LogP contribution in [0.3, 0.4) is 0 Å². The number of carbonyl (C=O) groups is 2. The topological polar surface area (TPSA) is 64.7 Å². The number of benzene rings is 1. The molecule has 6 heteroatoms. The maximum absolute atomic E-state index is 12.0. The highest BCUT2D eigenvalue weighted by Gasteiger charge is 2.21. The third-order valence-electron chi connectivity index (χ3n) is 4.80. The first-order valence-corrected chi connectivity index (χ1v) is 9.36. The molecule has 0 aromatic heterocycles. The van der Waals surface area contributed by atoms with Gasteiger partial charge in [0.1, 0.15) is 0 Å². The number of likely N-dealkylation sites (N-methyl/N-ethyl adjacent to an activating group) is 1. The summed E-state index contributed by atoms with van der Waals surface area (Å²) in [5.74, 6) is -0.826. The number of anilines is 1. The smallest absolute Gasteiger partial charge is 0.309 e. The van der Waals surface area contributed by atoms with Crippen LogP contribution in [0, 0.1) is 5.92 Å². The van der Waals surface area contributed by atoms with Crippen molar-refractivity contribution in [2.75, 3.05) is 45.7 Å². The van der Waals surface area contributed by atoms with Gasteiger partial charge in [-0.2, -0.15) is 0 Å². The van der Waals surface area contributed by atoms with Gasteiger partial charge in [-0.1, -0.05) is 26.0 Å². The second-order valence-corrected chi connectivity index (χ2v) is 7.71. The van der Waals surface area contributed by atoms with Crippen molar-refractivity contribution >= 4 is 17.5 Å². The van der Waals surface area contributed by atoms with E-state index in [-0.39, 0.29) is 6.04 Å². The van der Waals surface area contributed by atoms with Crippen molar-refractivity contribution in [1.82, 2.24) is 15.5 Å². The molecule has 1 aliphatic rings. The quantitative estimate of drug-likeness (QED) is 0.756. The number of hydrogen-bond acceptors (Lipinski definition) is 4. The molecule has 2 amide bonds. The van der Waals surface area contributed by atoms with Crippen LogP contribution >= 0.6 is 0 Å².